The third kappa shape index (κ3) is 6.61. The Morgan fingerprint density at radius 1 is 1.24 bits per heavy atom. The monoisotopic (exact) mass is 447 g/mol. The zero-order valence-electron chi connectivity index (χ0n) is 8.77. The van der Waals surface area contributed by atoms with Crippen LogP contribution in [0.4, 0.5) is 0 Å². The minimum absolute atomic E-state index is 0. The van der Waals surface area contributed by atoms with Crippen molar-refractivity contribution in [2.75, 3.05) is 13.2 Å². The molecule has 0 N–H and O–H groups in total. The topological polar surface area (TPSA) is 31.4 Å². The molecule has 6 heteroatoms. The molecule has 1 aliphatic heterocycles. The van der Waals surface area contributed by atoms with E-state index in [0.717, 1.165) is 5.69 Å². The van der Waals surface area contributed by atoms with E-state index < -0.39 is 0 Å². The maximum atomic E-state index is 5.28. The summed E-state index contributed by atoms with van der Waals surface area (Å²) in [6, 6.07) is 5.61. The molecule has 96 valence electrons. The van der Waals surface area contributed by atoms with E-state index in [2.05, 4.69) is 36.5 Å². The van der Waals surface area contributed by atoms with Gasteiger partial charge in [-0.25, -0.2) is 10.8 Å². The maximum absolute atomic E-state index is 5.28. The van der Waals surface area contributed by atoms with E-state index in [-0.39, 0.29) is 21.1 Å². The van der Waals surface area contributed by atoms with E-state index in [0.29, 0.717) is 19.0 Å². The van der Waals surface area contributed by atoms with Crippen LogP contribution < -0.4 is 0 Å². The van der Waals surface area contributed by atoms with Crippen LogP contribution in [-0.4, -0.2) is 18.2 Å². The minimum atomic E-state index is 0. The first kappa shape index (κ1) is 16.4. The molecule has 2 heterocycles. The molecular formula is C11H10NO2PtS2-3. The van der Waals surface area contributed by atoms with Crippen LogP contribution >= 0.6 is 0 Å². The van der Waals surface area contributed by atoms with Gasteiger partial charge in [0.1, 0.15) is 6.61 Å². The van der Waals surface area contributed by atoms with Gasteiger partial charge in [-0.15, -0.1) is 6.07 Å². The summed E-state index contributed by atoms with van der Waals surface area (Å²) in [6.07, 6.45) is 4.38. The van der Waals surface area contributed by atoms with Crippen molar-refractivity contribution in [3.05, 3.63) is 47.2 Å². The number of ether oxygens (including phenoxy) is 2. The third-order valence-corrected chi connectivity index (χ3v) is 1.99. The van der Waals surface area contributed by atoms with Gasteiger partial charge in [0.05, 0.1) is 6.61 Å². The molecule has 0 spiro atoms. The first-order valence-corrected chi connectivity index (χ1v) is 5.50. The first-order valence-electron chi connectivity index (χ1n) is 4.56. The van der Waals surface area contributed by atoms with E-state index in [9.17, 15) is 0 Å². The summed E-state index contributed by atoms with van der Waals surface area (Å²) in [4.78, 5) is 4.10. The summed E-state index contributed by atoms with van der Waals surface area (Å²) in [5, 5.41) is 2.80. The molecule has 0 amide bonds. The molecule has 0 aliphatic carbocycles. The molecule has 0 atom stereocenters. The van der Waals surface area contributed by atoms with Gasteiger partial charge in [0, 0.05) is 33.0 Å². The van der Waals surface area contributed by atoms with Crippen LogP contribution in [0.3, 0.4) is 0 Å². The average molecular weight is 447 g/mol. The Bertz CT molecular complexity index is 354. The smallest absolute Gasteiger partial charge is 0.116 e. The second-order valence-corrected chi connectivity index (χ2v) is 3.16. The SMILES string of the molecule is [C-]1=C(c2ccccn2)OCCO1.[Pt].[S-]/C=C\[S-]. The van der Waals surface area contributed by atoms with Gasteiger partial charge in [-0.3, -0.25) is 0 Å². The van der Waals surface area contributed by atoms with Crippen molar-refractivity contribution in [3.8, 4) is 0 Å². The molecule has 2 rings (SSSR count). The molecule has 1 aromatic heterocycles. The van der Waals surface area contributed by atoms with Crippen LogP contribution in [0.2, 0.25) is 0 Å². The molecule has 1 aromatic rings. The molecule has 0 radical (unpaired) electrons. The molecular weight excluding hydrogens is 437 g/mol. The number of hydrogen-bond acceptors (Lipinski definition) is 5. The molecule has 0 aromatic carbocycles. The molecule has 17 heavy (non-hydrogen) atoms. The molecule has 0 saturated heterocycles. The minimum Gasteiger partial charge on any atom is -0.789 e. The zero-order valence-corrected chi connectivity index (χ0v) is 12.7. The van der Waals surface area contributed by atoms with Crippen LogP contribution in [0.1, 0.15) is 5.69 Å². The van der Waals surface area contributed by atoms with Gasteiger partial charge in [-0.2, -0.15) is 0 Å². The number of hydrogen-bond donors (Lipinski definition) is 0. The number of nitrogens with zero attached hydrogens (tertiary/aromatic N) is 1. The number of aromatic nitrogens is 1. The van der Waals surface area contributed by atoms with Gasteiger partial charge in [0.25, 0.3) is 0 Å². The number of rotatable bonds is 1. The van der Waals surface area contributed by atoms with Gasteiger partial charge in [0.2, 0.25) is 0 Å². The largest absolute Gasteiger partial charge is 0.789 e. The van der Waals surface area contributed by atoms with E-state index in [1.54, 1.807) is 6.20 Å². The Hall–Kier alpha value is -0.642. The molecule has 3 nitrogen and oxygen atoms in total. The molecule has 1 aliphatic rings. The van der Waals surface area contributed by atoms with Gasteiger partial charge < -0.3 is 39.7 Å². The Balaban J connectivity index is 0.000000453. The van der Waals surface area contributed by atoms with Gasteiger partial charge in [-0.05, 0) is 18.0 Å². The van der Waals surface area contributed by atoms with Crippen LogP contribution in [0.15, 0.2) is 35.2 Å². The van der Waals surface area contributed by atoms with Gasteiger partial charge >= 0.3 is 0 Å². The van der Waals surface area contributed by atoms with E-state index in [1.165, 1.54) is 10.8 Å². The summed E-state index contributed by atoms with van der Waals surface area (Å²) in [6.45, 7) is 1.13. The Kier molecular flexibility index (Phi) is 10.1. The van der Waals surface area contributed by atoms with E-state index in [1.807, 2.05) is 18.2 Å². The molecule has 0 saturated carbocycles. The fraction of sp³-hybridized carbons (Fsp3) is 0.182. The molecule has 0 bridgehead atoms. The van der Waals surface area contributed by atoms with Crippen molar-refractivity contribution in [2.45, 2.75) is 0 Å². The fourth-order valence-corrected chi connectivity index (χ4v) is 0.955. The van der Waals surface area contributed by atoms with Crippen LogP contribution in [0, 0.1) is 6.26 Å². The summed E-state index contributed by atoms with van der Waals surface area (Å²) in [5.74, 6) is 0.585. The average Bonchev–Trinajstić information content (AvgIpc) is 2.41. The Labute approximate surface area is 126 Å². The third-order valence-electron chi connectivity index (χ3n) is 1.55. The second-order valence-electron chi connectivity index (χ2n) is 2.62. The first-order chi connectivity index (χ1) is 7.88. The quantitative estimate of drug-likeness (QED) is 0.484. The van der Waals surface area contributed by atoms with Crippen molar-refractivity contribution >= 4 is 31.0 Å². The predicted molar refractivity (Wildman–Crippen MR) is 66.7 cm³/mol. The van der Waals surface area contributed by atoms with Crippen molar-refractivity contribution in [1.29, 1.82) is 0 Å². The van der Waals surface area contributed by atoms with Crippen molar-refractivity contribution in [3.63, 3.8) is 0 Å². The Morgan fingerprint density at radius 2 is 2.00 bits per heavy atom. The zero-order chi connectivity index (χ0) is 11.6. The Morgan fingerprint density at radius 3 is 2.47 bits per heavy atom. The van der Waals surface area contributed by atoms with Crippen LogP contribution in [0.25, 0.3) is 5.76 Å². The summed E-state index contributed by atoms with van der Waals surface area (Å²) >= 11 is 8.54. The maximum Gasteiger partial charge on any atom is 0.116 e. The van der Waals surface area contributed by atoms with E-state index >= 15 is 0 Å². The van der Waals surface area contributed by atoms with E-state index in [4.69, 9.17) is 9.47 Å². The fourth-order valence-electron chi connectivity index (χ4n) is 0.955. The number of pyridine rings is 1. The standard InChI is InChI=1S/C9H8NO2.C2H4S2.Pt/c1-2-4-10-8(3-1)9-7-11-5-6-12-9;3-1-2-4;/h1-4H,5-6H2;1-4H;/q-1;;/p-2/b;2-1-;. The normalized spacial score (nSPS) is 13.3. The van der Waals surface area contributed by atoms with Gasteiger partial charge in [-0.1, -0.05) is 6.07 Å². The van der Waals surface area contributed by atoms with Crippen molar-refractivity contribution in [2.24, 2.45) is 0 Å². The summed E-state index contributed by atoms with van der Waals surface area (Å²) < 4.78 is 10.3. The summed E-state index contributed by atoms with van der Waals surface area (Å²) in [5.41, 5.74) is 0.761. The molecule has 0 unspecified atom stereocenters. The second kappa shape index (κ2) is 10.5. The van der Waals surface area contributed by atoms with Crippen molar-refractivity contribution < 1.29 is 30.5 Å². The summed E-state index contributed by atoms with van der Waals surface area (Å²) in [7, 11) is 0. The van der Waals surface area contributed by atoms with Crippen molar-refractivity contribution in [1.82, 2.24) is 4.98 Å². The predicted octanol–water partition coefficient (Wildman–Crippen LogP) is 1.78. The van der Waals surface area contributed by atoms with Crippen LogP contribution in [0.5, 0.6) is 0 Å². The van der Waals surface area contributed by atoms with Gasteiger partial charge in [0.15, 0.2) is 0 Å². The molecule has 0 fully saturated rings. The van der Waals surface area contributed by atoms with Crippen LogP contribution in [-0.2, 0) is 55.8 Å².